The SMILES string of the molecule is CCCNC(CCC)CC1=CCCCC1. The zero-order valence-electron chi connectivity index (χ0n) is 10.5. The lowest BCUT2D eigenvalue weighted by molar-refractivity contribution is 0.461. The van der Waals surface area contributed by atoms with E-state index in [4.69, 9.17) is 0 Å². The molecule has 1 heteroatoms. The van der Waals surface area contributed by atoms with E-state index >= 15 is 0 Å². The monoisotopic (exact) mass is 209 g/mol. The average molecular weight is 209 g/mol. The summed E-state index contributed by atoms with van der Waals surface area (Å²) in [7, 11) is 0. The normalized spacial score (nSPS) is 18.7. The van der Waals surface area contributed by atoms with Crippen LogP contribution < -0.4 is 5.32 Å². The van der Waals surface area contributed by atoms with Gasteiger partial charge in [-0.1, -0.05) is 31.9 Å². The van der Waals surface area contributed by atoms with Crippen molar-refractivity contribution < 1.29 is 0 Å². The number of hydrogen-bond acceptors (Lipinski definition) is 1. The standard InChI is InChI=1S/C14H27N/c1-3-8-14(15-11-4-2)12-13-9-6-5-7-10-13/h9,14-15H,3-8,10-12H2,1-2H3. The smallest absolute Gasteiger partial charge is 0.0104 e. The molecule has 0 saturated carbocycles. The predicted octanol–water partition coefficient (Wildman–Crippen LogP) is 4.05. The summed E-state index contributed by atoms with van der Waals surface area (Å²) in [4.78, 5) is 0. The molecule has 0 spiro atoms. The Labute approximate surface area is 95.3 Å². The fraction of sp³-hybridized carbons (Fsp3) is 0.857. The minimum atomic E-state index is 0.735. The molecule has 0 saturated heterocycles. The molecule has 0 radical (unpaired) electrons. The van der Waals surface area contributed by atoms with Crippen LogP contribution in [0.1, 0.15) is 65.2 Å². The first-order valence-electron chi connectivity index (χ1n) is 6.78. The van der Waals surface area contributed by atoms with Crippen LogP contribution in [0.25, 0.3) is 0 Å². The maximum absolute atomic E-state index is 3.68. The van der Waals surface area contributed by atoms with Gasteiger partial charge >= 0.3 is 0 Å². The molecule has 0 bridgehead atoms. The first kappa shape index (κ1) is 12.8. The number of allylic oxidation sites excluding steroid dienone is 1. The molecule has 15 heavy (non-hydrogen) atoms. The molecule has 0 amide bonds. The summed E-state index contributed by atoms with van der Waals surface area (Å²) < 4.78 is 0. The summed E-state index contributed by atoms with van der Waals surface area (Å²) in [6.07, 6.45) is 13.2. The third kappa shape index (κ3) is 5.36. The van der Waals surface area contributed by atoms with Crippen LogP contribution >= 0.6 is 0 Å². The van der Waals surface area contributed by atoms with Gasteiger partial charge in [-0.25, -0.2) is 0 Å². The van der Waals surface area contributed by atoms with Crippen molar-refractivity contribution in [2.75, 3.05) is 6.54 Å². The molecule has 1 nitrogen and oxygen atoms in total. The summed E-state index contributed by atoms with van der Waals surface area (Å²) in [6, 6.07) is 0.735. The third-order valence-electron chi connectivity index (χ3n) is 3.21. The molecule has 0 aromatic rings. The molecule has 1 unspecified atom stereocenters. The Kier molecular flexibility index (Phi) is 6.74. The van der Waals surface area contributed by atoms with E-state index in [0.29, 0.717) is 0 Å². The number of hydrogen-bond donors (Lipinski definition) is 1. The largest absolute Gasteiger partial charge is 0.314 e. The Morgan fingerprint density at radius 3 is 2.73 bits per heavy atom. The molecule has 1 N–H and O–H groups in total. The molecule has 88 valence electrons. The second-order valence-corrected chi connectivity index (χ2v) is 4.75. The van der Waals surface area contributed by atoms with Gasteiger partial charge in [0.15, 0.2) is 0 Å². The van der Waals surface area contributed by atoms with Gasteiger partial charge < -0.3 is 5.32 Å². The van der Waals surface area contributed by atoms with Gasteiger partial charge in [-0.15, -0.1) is 0 Å². The van der Waals surface area contributed by atoms with Crippen molar-refractivity contribution in [1.29, 1.82) is 0 Å². The molecule has 0 aromatic heterocycles. The van der Waals surface area contributed by atoms with Crippen LogP contribution in [0, 0.1) is 0 Å². The highest BCUT2D eigenvalue weighted by Crippen LogP contribution is 2.22. The van der Waals surface area contributed by atoms with Crippen molar-refractivity contribution in [2.24, 2.45) is 0 Å². The summed E-state index contributed by atoms with van der Waals surface area (Å²) in [6.45, 7) is 5.71. The van der Waals surface area contributed by atoms with Crippen LogP contribution in [0.5, 0.6) is 0 Å². The van der Waals surface area contributed by atoms with Crippen LogP contribution in [0.3, 0.4) is 0 Å². The first-order valence-corrected chi connectivity index (χ1v) is 6.78. The first-order chi connectivity index (χ1) is 7.36. The van der Waals surface area contributed by atoms with E-state index in [1.54, 1.807) is 5.57 Å². The Bertz CT molecular complexity index is 184. The van der Waals surface area contributed by atoms with Gasteiger partial charge in [0.1, 0.15) is 0 Å². The highest BCUT2D eigenvalue weighted by atomic mass is 14.9. The van der Waals surface area contributed by atoms with E-state index in [1.165, 1.54) is 57.9 Å². The second-order valence-electron chi connectivity index (χ2n) is 4.75. The summed E-state index contributed by atoms with van der Waals surface area (Å²) >= 11 is 0. The molecule has 1 aliphatic rings. The highest BCUT2D eigenvalue weighted by molar-refractivity contribution is 5.06. The van der Waals surface area contributed by atoms with E-state index in [9.17, 15) is 0 Å². The molecule has 0 heterocycles. The minimum absolute atomic E-state index is 0.735. The molecule has 0 aromatic carbocycles. The third-order valence-corrected chi connectivity index (χ3v) is 3.21. The Morgan fingerprint density at radius 2 is 2.13 bits per heavy atom. The fourth-order valence-electron chi connectivity index (χ4n) is 2.38. The molecule has 1 rings (SSSR count). The van der Waals surface area contributed by atoms with E-state index in [2.05, 4.69) is 25.2 Å². The highest BCUT2D eigenvalue weighted by Gasteiger charge is 2.11. The van der Waals surface area contributed by atoms with Crippen LogP contribution in [-0.2, 0) is 0 Å². The Hall–Kier alpha value is -0.300. The summed E-state index contributed by atoms with van der Waals surface area (Å²) in [5, 5.41) is 3.68. The summed E-state index contributed by atoms with van der Waals surface area (Å²) in [5.41, 5.74) is 1.71. The molecule has 0 fully saturated rings. The van der Waals surface area contributed by atoms with Gasteiger partial charge in [0.05, 0.1) is 0 Å². The van der Waals surface area contributed by atoms with Gasteiger partial charge in [0.25, 0.3) is 0 Å². The minimum Gasteiger partial charge on any atom is -0.314 e. The molecular weight excluding hydrogens is 182 g/mol. The van der Waals surface area contributed by atoms with Crippen LogP contribution in [0.15, 0.2) is 11.6 Å². The van der Waals surface area contributed by atoms with Crippen LogP contribution in [0.4, 0.5) is 0 Å². The molecule has 0 aliphatic heterocycles. The van der Waals surface area contributed by atoms with Crippen molar-refractivity contribution in [3.8, 4) is 0 Å². The van der Waals surface area contributed by atoms with Crippen molar-refractivity contribution in [2.45, 2.75) is 71.3 Å². The van der Waals surface area contributed by atoms with E-state index < -0.39 is 0 Å². The van der Waals surface area contributed by atoms with Gasteiger partial charge in [0.2, 0.25) is 0 Å². The predicted molar refractivity (Wildman–Crippen MR) is 68.2 cm³/mol. The molecule has 1 aliphatic carbocycles. The van der Waals surface area contributed by atoms with Gasteiger partial charge in [-0.3, -0.25) is 0 Å². The lowest BCUT2D eigenvalue weighted by Crippen LogP contribution is -2.30. The van der Waals surface area contributed by atoms with Crippen molar-refractivity contribution in [3.63, 3.8) is 0 Å². The van der Waals surface area contributed by atoms with Gasteiger partial charge in [-0.05, 0) is 51.5 Å². The van der Waals surface area contributed by atoms with Gasteiger partial charge in [-0.2, -0.15) is 0 Å². The fourth-order valence-corrected chi connectivity index (χ4v) is 2.38. The topological polar surface area (TPSA) is 12.0 Å². The lowest BCUT2D eigenvalue weighted by atomic mass is 9.93. The van der Waals surface area contributed by atoms with Crippen LogP contribution in [0.2, 0.25) is 0 Å². The zero-order valence-corrected chi connectivity index (χ0v) is 10.5. The van der Waals surface area contributed by atoms with Crippen molar-refractivity contribution in [3.05, 3.63) is 11.6 Å². The van der Waals surface area contributed by atoms with Crippen molar-refractivity contribution >= 4 is 0 Å². The summed E-state index contributed by atoms with van der Waals surface area (Å²) in [5.74, 6) is 0. The number of rotatable bonds is 7. The van der Waals surface area contributed by atoms with Crippen LogP contribution in [-0.4, -0.2) is 12.6 Å². The maximum atomic E-state index is 3.68. The van der Waals surface area contributed by atoms with Gasteiger partial charge in [0, 0.05) is 6.04 Å². The Balaban J connectivity index is 2.31. The quantitative estimate of drug-likeness (QED) is 0.624. The van der Waals surface area contributed by atoms with E-state index in [0.717, 1.165) is 6.04 Å². The molecular formula is C14H27N. The van der Waals surface area contributed by atoms with E-state index in [1.807, 2.05) is 0 Å². The van der Waals surface area contributed by atoms with Crippen molar-refractivity contribution in [1.82, 2.24) is 5.32 Å². The number of nitrogens with one attached hydrogen (secondary N) is 1. The molecule has 1 atom stereocenters. The Morgan fingerprint density at radius 1 is 1.27 bits per heavy atom. The zero-order chi connectivity index (χ0) is 10.9. The van der Waals surface area contributed by atoms with E-state index in [-0.39, 0.29) is 0 Å². The average Bonchev–Trinajstić information content (AvgIpc) is 2.28. The maximum Gasteiger partial charge on any atom is 0.0104 e. The second kappa shape index (κ2) is 7.92. The lowest BCUT2D eigenvalue weighted by Gasteiger charge is -2.21.